The molecule has 0 aromatic carbocycles. The molecule has 0 radical (unpaired) electrons. The molecule has 0 aliphatic carbocycles. The average Bonchev–Trinajstić information content (AvgIpc) is 2.36. The molecule has 1 heterocycles. The van der Waals surface area contributed by atoms with Gasteiger partial charge in [0.15, 0.2) is 0 Å². The van der Waals surface area contributed by atoms with Gasteiger partial charge < -0.3 is 10.2 Å². The van der Waals surface area contributed by atoms with E-state index < -0.39 is 0 Å². The van der Waals surface area contributed by atoms with Crippen molar-refractivity contribution in [2.24, 2.45) is 5.92 Å². The Labute approximate surface area is 107 Å². The zero-order chi connectivity index (χ0) is 13.5. The lowest BCUT2D eigenvalue weighted by atomic mass is 10.2. The topological polar surface area (TPSA) is 69.0 Å². The monoisotopic (exact) mass is 246 g/mol. The third-order valence-electron chi connectivity index (χ3n) is 2.42. The summed E-state index contributed by atoms with van der Waals surface area (Å²) in [6.45, 7) is 4.95. The van der Waals surface area contributed by atoms with E-state index in [4.69, 9.17) is 5.26 Å². The van der Waals surface area contributed by atoms with Crippen LogP contribution in [0.25, 0.3) is 0 Å². The number of hydrogen-bond donors (Lipinski definition) is 1. The lowest BCUT2D eigenvalue weighted by molar-refractivity contribution is -0.119. The third-order valence-corrected chi connectivity index (χ3v) is 2.42. The standard InChI is InChI=1S/C13H18N4O/c1-10(2)7-16-13(18)9-17(3)12-8-15-5-4-11(12)6-14/h4-5,8,10H,7,9H2,1-3H3,(H,16,18). The highest BCUT2D eigenvalue weighted by atomic mass is 16.2. The fraction of sp³-hybridized carbons (Fsp3) is 0.462. The smallest absolute Gasteiger partial charge is 0.239 e. The summed E-state index contributed by atoms with van der Waals surface area (Å²) < 4.78 is 0. The van der Waals surface area contributed by atoms with E-state index in [-0.39, 0.29) is 12.5 Å². The molecule has 18 heavy (non-hydrogen) atoms. The second kappa shape index (κ2) is 6.60. The van der Waals surface area contributed by atoms with Crippen LogP contribution in [0, 0.1) is 17.2 Å². The quantitative estimate of drug-likeness (QED) is 0.846. The predicted octanol–water partition coefficient (Wildman–Crippen LogP) is 1.16. The lowest BCUT2D eigenvalue weighted by Crippen LogP contribution is -2.37. The number of nitriles is 1. The summed E-state index contributed by atoms with van der Waals surface area (Å²) in [6, 6.07) is 3.72. The fourth-order valence-corrected chi connectivity index (χ4v) is 1.46. The van der Waals surface area contributed by atoms with Crippen molar-refractivity contribution in [2.75, 3.05) is 25.0 Å². The van der Waals surface area contributed by atoms with Crippen molar-refractivity contribution in [2.45, 2.75) is 13.8 Å². The number of amides is 1. The van der Waals surface area contributed by atoms with Crippen LogP contribution in [0.4, 0.5) is 5.69 Å². The molecule has 0 bridgehead atoms. The van der Waals surface area contributed by atoms with Crippen molar-refractivity contribution in [3.63, 3.8) is 0 Å². The Morgan fingerprint density at radius 1 is 1.61 bits per heavy atom. The summed E-state index contributed by atoms with van der Waals surface area (Å²) in [5, 5.41) is 11.8. The van der Waals surface area contributed by atoms with Gasteiger partial charge in [-0.2, -0.15) is 5.26 Å². The number of rotatable bonds is 5. The van der Waals surface area contributed by atoms with Gasteiger partial charge in [0.05, 0.1) is 24.0 Å². The highest BCUT2D eigenvalue weighted by molar-refractivity contribution is 5.81. The summed E-state index contributed by atoms with van der Waals surface area (Å²) in [5.41, 5.74) is 1.18. The number of aromatic nitrogens is 1. The second-order valence-electron chi connectivity index (χ2n) is 4.56. The molecule has 0 saturated heterocycles. The van der Waals surface area contributed by atoms with Gasteiger partial charge in [0.2, 0.25) is 5.91 Å². The molecule has 96 valence electrons. The minimum atomic E-state index is -0.0565. The number of nitrogens with zero attached hydrogens (tertiary/aromatic N) is 3. The molecule has 5 heteroatoms. The lowest BCUT2D eigenvalue weighted by Gasteiger charge is -2.19. The molecule has 0 saturated carbocycles. The van der Waals surface area contributed by atoms with Gasteiger partial charge in [-0.05, 0) is 12.0 Å². The Hall–Kier alpha value is -2.09. The molecule has 0 unspecified atom stereocenters. The van der Waals surface area contributed by atoms with Gasteiger partial charge in [0.25, 0.3) is 0 Å². The van der Waals surface area contributed by atoms with Crippen molar-refractivity contribution in [3.05, 3.63) is 24.0 Å². The van der Waals surface area contributed by atoms with Gasteiger partial charge >= 0.3 is 0 Å². The van der Waals surface area contributed by atoms with Crippen LogP contribution in [0.2, 0.25) is 0 Å². The first-order chi connectivity index (χ1) is 8.54. The molecule has 1 aromatic rings. The first kappa shape index (κ1) is 14.0. The maximum atomic E-state index is 11.7. The molecule has 0 atom stereocenters. The van der Waals surface area contributed by atoms with Crippen LogP contribution in [0.1, 0.15) is 19.4 Å². The van der Waals surface area contributed by atoms with E-state index in [2.05, 4.69) is 16.4 Å². The zero-order valence-electron chi connectivity index (χ0n) is 11.0. The number of pyridine rings is 1. The second-order valence-corrected chi connectivity index (χ2v) is 4.56. The van der Waals surface area contributed by atoms with Gasteiger partial charge in [-0.15, -0.1) is 0 Å². The highest BCUT2D eigenvalue weighted by Crippen LogP contribution is 2.15. The van der Waals surface area contributed by atoms with Crippen molar-refractivity contribution in [1.82, 2.24) is 10.3 Å². The molecule has 0 aliphatic rings. The first-order valence-corrected chi connectivity index (χ1v) is 5.86. The van der Waals surface area contributed by atoms with Crippen molar-refractivity contribution >= 4 is 11.6 Å². The molecule has 5 nitrogen and oxygen atoms in total. The van der Waals surface area contributed by atoms with Crippen LogP contribution in [0.5, 0.6) is 0 Å². The molecule has 0 fully saturated rings. The van der Waals surface area contributed by atoms with Crippen LogP contribution in [0.3, 0.4) is 0 Å². The minimum absolute atomic E-state index is 0.0565. The van der Waals surface area contributed by atoms with Crippen LogP contribution in [-0.4, -0.2) is 31.0 Å². The van der Waals surface area contributed by atoms with Crippen LogP contribution in [-0.2, 0) is 4.79 Å². The van der Waals surface area contributed by atoms with Gasteiger partial charge in [-0.25, -0.2) is 0 Å². The van der Waals surface area contributed by atoms with Gasteiger partial charge in [0.1, 0.15) is 6.07 Å². The van der Waals surface area contributed by atoms with E-state index in [1.54, 1.807) is 30.4 Å². The summed E-state index contributed by atoms with van der Waals surface area (Å²) in [7, 11) is 1.77. The average molecular weight is 246 g/mol. The number of carbonyl (C=O) groups is 1. The number of nitrogens with one attached hydrogen (secondary N) is 1. The Morgan fingerprint density at radius 3 is 2.94 bits per heavy atom. The summed E-state index contributed by atoms with van der Waals surface area (Å²) in [4.78, 5) is 17.4. The molecule has 1 aromatic heterocycles. The Bertz CT molecular complexity index is 451. The van der Waals surface area contributed by atoms with Crippen molar-refractivity contribution in [1.29, 1.82) is 5.26 Å². The SMILES string of the molecule is CC(C)CNC(=O)CN(C)c1cnccc1C#N. The minimum Gasteiger partial charge on any atom is -0.363 e. The van der Waals surface area contributed by atoms with E-state index in [0.717, 1.165) is 0 Å². The fourth-order valence-electron chi connectivity index (χ4n) is 1.46. The largest absolute Gasteiger partial charge is 0.363 e. The Kier molecular flexibility index (Phi) is 5.12. The van der Waals surface area contributed by atoms with Gasteiger partial charge in [0, 0.05) is 19.8 Å². The molecule has 1 N–H and O–H groups in total. The highest BCUT2D eigenvalue weighted by Gasteiger charge is 2.11. The maximum Gasteiger partial charge on any atom is 0.239 e. The summed E-state index contributed by atoms with van der Waals surface area (Å²) in [5.74, 6) is 0.367. The normalized spacial score (nSPS) is 9.94. The molecular weight excluding hydrogens is 228 g/mol. The van der Waals surface area contributed by atoms with Crippen LogP contribution in [0.15, 0.2) is 18.5 Å². The Balaban J connectivity index is 2.62. The van der Waals surface area contributed by atoms with Crippen molar-refractivity contribution in [3.8, 4) is 6.07 Å². The van der Waals surface area contributed by atoms with E-state index in [1.165, 1.54) is 0 Å². The summed E-state index contributed by atoms with van der Waals surface area (Å²) in [6.07, 6.45) is 3.16. The van der Waals surface area contributed by atoms with Gasteiger partial charge in [-0.1, -0.05) is 13.8 Å². The van der Waals surface area contributed by atoms with E-state index in [9.17, 15) is 4.79 Å². The number of anilines is 1. The molecule has 1 rings (SSSR count). The van der Waals surface area contributed by atoms with E-state index in [0.29, 0.717) is 23.7 Å². The van der Waals surface area contributed by atoms with E-state index >= 15 is 0 Å². The number of hydrogen-bond acceptors (Lipinski definition) is 4. The third kappa shape index (κ3) is 4.06. The Morgan fingerprint density at radius 2 is 2.33 bits per heavy atom. The number of carbonyl (C=O) groups excluding carboxylic acids is 1. The molecule has 0 spiro atoms. The van der Waals surface area contributed by atoms with Gasteiger partial charge in [-0.3, -0.25) is 9.78 Å². The first-order valence-electron chi connectivity index (χ1n) is 5.86. The molecular formula is C13H18N4O. The van der Waals surface area contributed by atoms with Crippen molar-refractivity contribution < 1.29 is 4.79 Å². The van der Waals surface area contributed by atoms with E-state index in [1.807, 2.05) is 13.8 Å². The number of likely N-dealkylation sites (N-methyl/N-ethyl adjacent to an activating group) is 1. The van der Waals surface area contributed by atoms with Crippen LogP contribution < -0.4 is 10.2 Å². The van der Waals surface area contributed by atoms with Crippen LogP contribution >= 0.6 is 0 Å². The molecule has 0 aliphatic heterocycles. The zero-order valence-corrected chi connectivity index (χ0v) is 11.0. The summed E-state index contributed by atoms with van der Waals surface area (Å²) >= 11 is 0. The maximum absolute atomic E-state index is 11.7. The molecule has 1 amide bonds. The predicted molar refractivity (Wildman–Crippen MR) is 70.1 cm³/mol.